The first kappa shape index (κ1) is 18.0. The lowest BCUT2D eigenvalue weighted by atomic mass is 10.1. The number of hydrogen-bond donors (Lipinski definition) is 1. The zero-order valence-electron chi connectivity index (χ0n) is 15.3. The largest absolute Gasteiger partial charge is 0.495 e. The lowest BCUT2D eigenvalue weighted by Crippen LogP contribution is -2.32. The fraction of sp³-hybridized carbons (Fsp3) is 0.556. The number of nitrogens with one attached hydrogen (secondary N) is 1. The highest BCUT2D eigenvalue weighted by Gasteiger charge is 2.25. The highest BCUT2D eigenvalue weighted by Crippen LogP contribution is 2.33. The van der Waals surface area contributed by atoms with Gasteiger partial charge in [0.1, 0.15) is 5.75 Å². The van der Waals surface area contributed by atoms with Gasteiger partial charge < -0.3 is 15.0 Å². The van der Waals surface area contributed by atoms with E-state index in [1.165, 1.54) is 0 Å². The number of methoxy groups -OCH3 is 1. The Labute approximate surface area is 154 Å². The number of ether oxygens (including phenoxy) is 1. The maximum absolute atomic E-state index is 6.15. The van der Waals surface area contributed by atoms with Gasteiger partial charge in [-0.25, -0.2) is 4.68 Å². The summed E-state index contributed by atoms with van der Waals surface area (Å²) < 4.78 is 7.37. The summed E-state index contributed by atoms with van der Waals surface area (Å²) in [5.74, 6) is 0.859. The molecule has 3 rings (SSSR count). The van der Waals surface area contributed by atoms with E-state index in [-0.39, 0.29) is 5.54 Å². The summed E-state index contributed by atoms with van der Waals surface area (Å²) in [4.78, 5) is 2.31. The molecule has 2 heterocycles. The summed E-state index contributed by atoms with van der Waals surface area (Å²) in [5.41, 5.74) is 1.98. The average Bonchev–Trinajstić information content (AvgIpc) is 3.22. The predicted molar refractivity (Wildman–Crippen MR) is 100 cm³/mol. The van der Waals surface area contributed by atoms with Crippen LogP contribution in [0.3, 0.4) is 0 Å². The van der Waals surface area contributed by atoms with Crippen molar-refractivity contribution in [3.05, 3.63) is 35.1 Å². The van der Waals surface area contributed by atoms with Crippen LogP contribution >= 0.6 is 11.6 Å². The van der Waals surface area contributed by atoms with Gasteiger partial charge in [0.05, 0.1) is 30.2 Å². The Balaban J connectivity index is 1.59. The minimum absolute atomic E-state index is 0.0431. The molecule has 0 amide bonds. The van der Waals surface area contributed by atoms with Gasteiger partial charge in [-0.2, -0.15) is 0 Å². The van der Waals surface area contributed by atoms with Gasteiger partial charge in [0.2, 0.25) is 0 Å². The van der Waals surface area contributed by atoms with Crippen molar-refractivity contribution < 1.29 is 4.74 Å². The molecule has 0 spiro atoms. The van der Waals surface area contributed by atoms with E-state index >= 15 is 0 Å². The third kappa shape index (κ3) is 4.25. The SMILES string of the molecule is COc1ccc(Cl)cc1N1CC[C@@H](NCc2cn(C(C)(C)C)nn2)C1. The summed E-state index contributed by atoms with van der Waals surface area (Å²) in [6.45, 7) is 8.97. The zero-order chi connectivity index (χ0) is 18.0. The Morgan fingerprint density at radius 2 is 2.16 bits per heavy atom. The standard InChI is InChI=1S/C18H26ClN5O/c1-18(2,3)24-12-15(21-22-24)10-20-14-7-8-23(11-14)16-9-13(19)5-6-17(16)25-4/h5-6,9,12,14,20H,7-8,10-11H2,1-4H3/t14-/m1/s1. The molecule has 1 N–H and O–H groups in total. The van der Waals surface area contributed by atoms with Crippen LogP contribution in [0.5, 0.6) is 5.75 Å². The molecule has 0 saturated carbocycles. The number of benzene rings is 1. The Morgan fingerprint density at radius 3 is 2.84 bits per heavy atom. The van der Waals surface area contributed by atoms with Crippen molar-refractivity contribution >= 4 is 17.3 Å². The smallest absolute Gasteiger partial charge is 0.142 e. The number of rotatable bonds is 5. The topological polar surface area (TPSA) is 55.2 Å². The molecule has 0 unspecified atom stereocenters. The molecular weight excluding hydrogens is 338 g/mol. The molecule has 1 aliphatic rings. The molecule has 7 heteroatoms. The van der Waals surface area contributed by atoms with E-state index in [1.807, 2.05) is 29.1 Å². The Kier molecular flexibility index (Phi) is 5.20. The average molecular weight is 364 g/mol. The van der Waals surface area contributed by atoms with Crippen LogP contribution in [0.15, 0.2) is 24.4 Å². The molecule has 1 aromatic heterocycles. The van der Waals surface area contributed by atoms with Crippen LogP contribution in [0.25, 0.3) is 0 Å². The van der Waals surface area contributed by atoms with E-state index in [1.54, 1.807) is 7.11 Å². The fourth-order valence-corrected chi connectivity index (χ4v) is 3.18. The summed E-state index contributed by atoms with van der Waals surface area (Å²) in [6.07, 6.45) is 3.09. The van der Waals surface area contributed by atoms with Crippen molar-refractivity contribution in [1.82, 2.24) is 20.3 Å². The molecule has 0 radical (unpaired) electrons. The van der Waals surface area contributed by atoms with Crippen LogP contribution in [-0.4, -0.2) is 41.2 Å². The zero-order valence-corrected chi connectivity index (χ0v) is 16.0. The predicted octanol–water partition coefficient (Wildman–Crippen LogP) is 3.06. The van der Waals surface area contributed by atoms with E-state index < -0.39 is 0 Å². The highest BCUT2D eigenvalue weighted by molar-refractivity contribution is 6.30. The second-order valence-electron chi connectivity index (χ2n) is 7.45. The number of aromatic nitrogens is 3. The molecule has 136 valence electrons. The first-order chi connectivity index (χ1) is 11.9. The van der Waals surface area contributed by atoms with Crippen LogP contribution in [0.4, 0.5) is 5.69 Å². The molecule has 0 bridgehead atoms. The van der Waals surface area contributed by atoms with Crippen LogP contribution < -0.4 is 15.0 Å². The third-order valence-electron chi connectivity index (χ3n) is 4.47. The summed E-state index contributed by atoms with van der Waals surface area (Å²) in [7, 11) is 1.69. The maximum Gasteiger partial charge on any atom is 0.142 e. The fourth-order valence-electron chi connectivity index (χ4n) is 3.01. The molecular formula is C18H26ClN5O. The van der Waals surface area contributed by atoms with Crippen molar-refractivity contribution in [1.29, 1.82) is 0 Å². The molecule has 25 heavy (non-hydrogen) atoms. The second-order valence-corrected chi connectivity index (χ2v) is 7.89. The van der Waals surface area contributed by atoms with Gasteiger partial charge in [0.25, 0.3) is 0 Å². The molecule has 6 nitrogen and oxygen atoms in total. The van der Waals surface area contributed by atoms with E-state index in [0.717, 1.165) is 48.2 Å². The van der Waals surface area contributed by atoms with Crippen LogP contribution in [-0.2, 0) is 12.1 Å². The van der Waals surface area contributed by atoms with Gasteiger partial charge in [-0.3, -0.25) is 0 Å². The van der Waals surface area contributed by atoms with Crippen molar-refractivity contribution in [2.24, 2.45) is 0 Å². The number of anilines is 1. The van der Waals surface area contributed by atoms with Gasteiger partial charge in [0.15, 0.2) is 0 Å². The summed E-state index contributed by atoms with van der Waals surface area (Å²) in [5, 5.41) is 12.8. The minimum atomic E-state index is -0.0431. The number of nitrogens with zero attached hydrogens (tertiary/aromatic N) is 4. The van der Waals surface area contributed by atoms with Crippen LogP contribution in [0.1, 0.15) is 32.9 Å². The molecule has 1 aromatic carbocycles. The normalized spacial score (nSPS) is 18.0. The molecule has 1 aliphatic heterocycles. The third-order valence-corrected chi connectivity index (χ3v) is 4.70. The summed E-state index contributed by atoms with van der Waals surface area (Å²) >= 11 is 6.15. The van der Waals surface area contributed by atoms with Gasteiger partial charge in [-0.15, -0.1) is 5.10 Å². The monoisotopic (exact) mass is 363 g/mol. The quantitative estimate of drug-likeness (QED) is 0.884. The molecule has 0 aliphatic carbocycles. The molecule has 1 atom stereocenters. The number of halogens is 1. The lowest BCUT2D eigenvalue weighted by Gasteiger charge is -2.21. The van der Waals surface area contributed by atoms with Gasteiger partial charge >= 0.3 is 0 Å². The van der Waals surface area contributed by atoms with E-state index in [2.05, 4.69) is 41.3 Å². The van der Waals surface area contributed by atoms with Gasteiger partial charge in [0, 0.05) is 30.7 Å². The van der Waals surface area contributed by atoms with Crippen molar-refractivity contribution in [3.8, 4) is 5.75 Å². The first-order valence-corrected chi connectivity index (χ1v) is 8.98. The Bertz CT molecular complexity index is 724. The van der Waals surface area contributed by atoms with E-state index in [0.29, 0.717) is 6.04 Å². The Hall–Kier alpha value is -1.79. The second kappa shape index (κ2) is 7.22. The van der Waals surface area contributed by atoms with Gasteiger partial charge in [-0.1, -0.05) is 16.8 Å². The molecule has 1 fully saturated rings. The van der Waals surface area contributed by atoms with Crippen molar-refractivity contribution in [3.63, 3.8) is 0 Å². The maximum atomic E-state index is 6.15. The molecule has 1 saturated heterocycles. The first-order valence-electron chi connectivity index (χ1n) is 8.60. The lowest BCUT2D eigenvalue weighted by molar-refractivity contribution is 0.347. The number of hydrogen-bond acceptors (Lipinski definition) is 5. The van der Waals surface area contributed by atoms with Crippen LogP contribution in [0.2, 0.25) is 5.02 Å². The van der Waals surface area contributed by atoms with E-state index in [9.17, 15) is 0 Å². The summed E-state index contributed by atoms with van der Waals surface area (Å²) in [6, 6.07) is 6.15. The van der Waals surface area contributed by atoms with Gasteiger partial charge in [-0.05, 0) is 45.4 Å². The highest BCUT2D eigenvalue weighted by atomic mass is 35.5. The minimum Gasteiger partial charge on any atom is -0.495 e. The van der Waals surface area contributed by atoms with Crippen molar-refractivity contribution in [2.75, 3.05) is 25.1 Å². The van der Waals surface area contributed by atoms with E-state index in [4.69, 9.17) is 16.3 Å². The molecule has 2 aromatic rings. The van der Waals surface area contributed by atoms with Crippen LogP contribution in [0, 0.1) is 0 Å². The van der Waals surface area contributed by atoms with Crippen molar-refractivity contribution in [2.45, 2.75) is 45.3 Å². The Morgan fingerprint density at radius 1 is 1.36 bits per heavy atom.